The normalized spacial score (nSPS) is 10.7. The molecule has 0 atom stereocenters. The maximum absolute atomic E-state index is 5.81. The molecule has 0 bridgehead atoms. The number of hydrogen-bond donors (Lipinski definition) is 1. The van der Waals surface area contributed by atoms with Crippen LogP contribution in [0, 0.1) is 6.92 Å². The van der Waals surface area contributed by atoms with Crippen LogP contribution in [-0.4, -0.2) is 15.0 Å². The van der Waals surface area contributed by atoms with Gasteiger partial charge >= 0.3 is 0 Å². The largest absolute Gasteiger partial charge is 0.399 e. The van der Waals surface area contributed by atoms with Crippen LogP contribution in [0.15, 0.2) is 78.9 Å². The molecule has 26 heavy (non-hydrogen) atoms. The molecule has 126 valence electrons. The highest BCUT2D eigenvalue weighted by molar-refractivity contribution is 5.67. The smallest absolute Gasteiger partial charge is 0.164 e. The number of nitrogens with zero attached hydrogens (tertiary/aromatic N) is 3. The molecule has 2 N–H and O–H groups in total. The first-order valence-corrected chi connectivity index (χ1v) is 8.43. The summed E-state index contributed by atoms with van der Waals surface area (Å²) in [7, 11) is 0. The zero-order chi connectivity index (χ0) is 17.9. The fourth-order valence-electron chi connectivity index (χ4n) is 2.69. The van der Waals surface area contributed by atoms with Crippen LogP contribution in [0.1, 0.15) is 5.56 Å². The van der Waals surface area contributed by atoms with E-state index in [9.17, 15) is 0 Å². The van der Waals surface area contributed by atoms with Crippen molar-refractivity contribution in [2.45, 2.75) is 6.92 Å². The number of aromatic nitrogens is 3. The van der Waals surface area contributed by atoms with Gasteiger partial charge < -0.3 is 5.73 Å². The molecule has 0 amide bonds. The van der Waals surface area contributed by atoms with Crippen LogP contribution >= 0.6 is 0 Å². The van der Waals surface area contributed by atoms with Crippen molar-refractivity contribution in [1.82, 2.24) is 15.0 Å². The van der Waals surface area contributed by atoms with Crippen molar-refractivity contribution < 1.29 is 0 Å². The average molecular weight is 338 g/mol. The highest BCUT2D eigenvalue weighted by atomic mass is 15.0. The molecule has 4 rings (SSSR count). The topological polar surface area (TPSA) is 64.7 Å². The van der Waals surface area contributed by atoms with Crippen molar-refractivity contribution in [1.29, 1.82) is 0 Å². The number of nitrogens with two attached hydrogens (primary N) is 1. The van der Waals surface area contributed by atoms with Gasteiger partial charge in [0.15, 0.2) is 17.5 Å². The van der Waals surface area contributed by atoms with Gasteiger partial charge in [-0.3, -0.25) is 0 Å². The summed E-state index contributed by atoms with van der Waals surface area (Å²) in [5.41, 5.74) is 10.6. The second-order valence-electron chi connectivity index (χ2n) is 6.16. The van der Waals surface area contributed by atoms with E-state index < -0.39 is 0 Å². The van der Waals surface area contributed by atoms with Crippen LogP contribution in [0.25, 0.3) is 34.2 Å². The van der Waals surface area contributed by atoms with Crippen molar-refractivity contribution in [2.24, 2.45) is 0 Å². The summed E-state index contributed by atoms with van der Waals surface area (Å²) >= 11 is 0. The van der Waals surface area contributed by atoms with Gasteiger partial charge in [0.2, 0.25) is 0 Å². The Morgan fingerprint density at radius 1 is 0.538 bits per heavy atom. The van der Waals surface area contributed by atoms with Crippen molar-refractivity contribution in [3.63, 3.8) is 0 Å². The number of rotatable bonds is 3. The lowest BCUT2D eigenvalue weighted by molar-refractivity contribution is 1.07. The van der Waals surface area contributed by atoms with E-state index in [2.05, 4.69) is 24.0 Å². The SMILES string of the molecule is Cc1ccc(-c2nc(-c3ccccc3)nc(-c3ccc(N)cc3)n2)cc1. The van der Waals surface area contributed by atoms with E-state index in [0.717, 1.165) is 16.7 Å². The first-order valence-electron chi connectivity index (χ1n) is 8.43. The molecule has 0 fully saturated rings. The molecular weight excluding hydrogens is 320 g/mol. The van der Waals surface area contributed by atoms with Gasteiger partial charge in [0.1, 0.15) is 0 Å². The lowest BCUT2D eigenvalue weighted by Crippen LogP contribution is -2.00. The molecule has 0 unspecified atom stereocenters. The molecule has 1 heterocycles. The van der Waals surface area contributed by atoms with Gasteiger partial charge in [-0.2, -0.15) is 0 Å². The van der Waals surface area contributed by atoms with Gasteiger partial charge in [0.25, 0.3) is 0 Å². The number of benzene rings is 3. The van der Waals surface area contributed by atoms with Crippen molar-refractivity contribution in [2.75, 3.05) is 5.73 Å². The molecule has 0 aliphatic heterocycles. The highest BCUT2D eigenvalue weighted by Crippen LogP contribution is 2.25. The predicted molar refractivity (Wildman–Crippen MR) is 105 cm³/mol. The number of anilines is 1. The second-order valence-corrected chi connectivity index (χ2v) is 6.16. The third-order valence-corrected chi connectivity index (χ3v) is 4.15. The van der Waals surface area contributed by atoms with E-state index in [1.165, 1.54) is 5.56 Å². The Morgan fingerprint density at radius 2 is 0.962 bits per heavy atom. The molecule has 1 aromatic heterocycles. The summed E-state index contributed by atoms with van der Waals surface area (Å²) in [6, 6.07) is 25.7. The van der Waals surface area contributed by atoms with E-state index in [1.54, 1.807) is 0 Å². The Morgan fingerprint density at radius 3 is 1.46 bits per heavy atom. The van der Waals surface area contributed by atoms with Gasteiger partial charge in [-0.05, 0) is 31.2 Å². The minimum Gasteiger partial charge on any atom is -0.399 e. The van der Waals surface area contributed by atoms with Crippen LogP contribution < -0.4 is 5.73 Å². The standard InChI is InChI=1S/C22H18N4/c1-15-7-9-17(10-8-15)21-24-20(16-5-3-2-4-6-16)25-22(26-21)18-11-13-19(23)14-12-18/h2-14H,23H2,1H3. The number of aryl methyl sites for hydroxylation is 1. The highest BCUT2D eigenvalue weighted by Gasteiger charge is 2.11. The lowest BCUT2D eigenvalue weighted by atomic mass is 10.1. The lowest BCUT2D eigenvalue weighted by Gasteiger charge is -2.08. The van der Waals surface area contributed by atoms with Gasteiger partial charge in [0, 0.05) is 22.4 Å². The Balaban J connectivity index is 1.89. The van der Waals surface area contributed by atoms with Crippen LogP contribution in [0.5, 0.6) is 0 Å². The average Bonchev–Trinajstić information content (AvgIpc) is 2.69. The van der Waals surface area contributed by atoms with Crippen LogP contribution in [0.3, 0.4) is 0 Å². The fourth-order valence-corrected chi connectivity index (χ4v) is 2.69. The van der Waals surface area contributed by atoms with E-state index in [-0.39, 0.29) is 0 Å². The molecule has 0 saturated heterocycles. The van der Waals surface area contributed by atoms with Gasteiger partial charge in [-0.1, -0.05) is 60.2 Å². The molecule has 0 radical (unpaired) electrons. The Labute approximate surface area is 152 Å². The zero-order valence-electron chi connectivity index (χ0n) is 14.4. The first kappa shape index (κ1) is 16.0. The fraction of sp³-hybridized carbons (Fsp3) is 0.0455. The molecule has 4 heteroatoms. The van der Waals surface area contributed by atoms with E-state index in [1.807, 2.05) is 66.7 Å². The van der Waals surface area contributed by atoms with Gasteiger partial charge in [-0.15, -0.1) is 0 Å². The minimum absolute atomic E-state index is 0.634. The summed E-state index contributed by atoms with van der Waals surface area (Å²) < 4.78 is 0. The molecule has 4 nitrogen and oxygen atoms in total. The van der Waals surface area contributed by atoms with Gasteiger partial charge in [0.05, 0.1) is 0 Å². The molecule has 0 aliphatic rings. The molecule has 4 aromatic rings. The molecular formula is C22H18N4. The maximum Gasteiger partial charge on any atom is 0.164 e. The predicted octanol–water partition coefficient (Wildman–Crippen LogP) is 4.76. The summed E-state index contributed by atoms with van der Waals surface area (Å²) in [6.07, 6.45) is 0. The van der Waals surface area contributed by atoms with Crippen molar-refractivity contribution >= 4 is 5.69 Å². The molecule has 0 spiro atoms. The van der Waals surface area contributed by atoms with Crippen LogP contribution in [-0.2, 0) is 0 Å². The summed E-state index contributed by atoms with van der Waals surface area (Å²) in [5, 5.41) is 0. The van der Waals surface area contributed by atoms with Gasteiger partial charge in [-0.25, -0.2) is 15.0 Å². The minimum atomic E-state index is 0.634. The summed E-state index contributed by atoms with van der Waals surface area (Å²) in [6.45, 7) is 2.06. The maximum atomic E-state index is 5.81. The van der Waals surface area contributed by atoms with Crippen molar-refractivity contribution in [3.8, 4) is 34.2 Å². The van der Waals surface area contributed by atoms with E-state index >= 15 is 0 Å². The van der Waals surface area contributed by atoms with Crippen LogP contribution in [0.4, 0.5) is 5.69 Å². The molecule has 3 aromatic carbocycles. The number of hydrogen-bond acceptors (Lipinski definition) is 4. The van der Waals surface area contributed by atoms with E-state index in [0.29, 0.717) is 23.2 Å². The quantitative estimate of drug-likeness (QED) is 0.547. The number of nitrogen functional groups attached to an aromatic ring is 1. The second kappa shape index (κ2) is 6.76. The Hall–Kier alpha value is -3.53. The third kappa shape index (κ3) is 3.30. The zero-order valence-corrected chi connectivity index (χ0v) is 14.4. The van der Waals surface area contributed by atoms with Crippen molar-refractivity contribution in [3.05, 3.63) is 84.4 Å². The summed E-state index contributed by atoms with van der Waals surface area (Å²) in [5.74, 6) is 1.95. The van der Waals surface area contributed by atoms with Crippen LogP contribution in [0.2, 0.25) is 0 Å². The molecule has 0 saturated carbocycles. The Kier molecular flexibility index (Phi) is 4.15. The van der Waals surface area contributed by atoms with E-state index in [4.69, 9.17) is 15.7 Å². The first-order chi connectivity index (χ1) is 12.7. The summed E-state index contributed by atoms with van der Waals surface area (Å²) in [4.78, 5) is 14.1. The third-order valence-electron chi connectivity index (χ3n) is 4.15. The monoisotopic (exact) mass is 338 g/mol. The Bertz CT molecular complexity index is 960. The molecule has 0 aliphatic carbocycles.